The molecule has 1 fully saturated rings. The Balaban J connectivity index is 1.93. The third kappa shape index (κ3) is 4.53. The monoisotopic (exact) mass is 297 g/mol. The molecule has 21 heavy (non-hydrogen) atoms. The molecule has 3 N–H and O–H groups in total. The molecular weight excluding hydrogens is 274 g/mol. The summed E-state index contributed by atoms with van der Waals surface area (Å²) in [6.45, 7) is 3.93. The summed E-state index contributed by atoms with van der Waals surface area (Å²) >= 11 is 0. The lowest BCUT2D eigenvalue weighted by Crippen LogP contribution is -2.34. The van der Waals surface area contributed by atoms with E-state index in [1.54, 1.807) is 19.2 Å². The van der Waals surface area contributed by atoms with E-state index in [0.29, 0.717) is 37.7 Å². The highest BCUT2D eigenvalue weighted by Crippen LogP contribution is 2.13. The predicted molar refractivity (Wildman–Crippen MR) is 76.9 cm³/mol. The molecule has 1 aliphatic heterocycles. The van der Waals surface area contributed by atoms with Crippen molar-refractivity contribution in [2.45, 2.75) is 12.6 Å². The van der Waals surface area contributed by atoms with Crippen LogP contribution in [0.25, 0.3) is 0 Å². The van der Waals surface area contributed by atoms with E-state index in [9.17, 15) is 9.90 Å². The average molecular weight is 297 g/mol. The second kappa shape index (κ2) is 7.56. The molecule has 1 aromatic rings. The van der Waals surface area contributed by atoms with E-state index in [-0.39, 0.29) is 12.5 Å². The Bertz CT molecular complexity index is 463. The molecule has 0 aromatic carbocycles. The van der Waals surface area contributed by atoms with Crippen molar-refractivity contribution in [1.29, 1.82) is 0 Å². The molecule has 0 radical (unpaired) electrons. The molecule has 1 saturated heterocycles. The topological polar surface area (TPSA) is 89.2 Å². The van der Waals surface area contributed by atoms with Gasteiger partial charge in [0, 0.05) is 39.8 Å². The second-order valence-corrected chi connectivity index (χ2v) is 5.26. The van der Waals surface area contributed by atoms with Crippen LogP contribution in [0.2, 0.25) is 0 Å². The van der Waals surface area contributed by atoms with Crippen LogP contribution < -0.4 is 5.32 Å². The van der Waals surface area contributed by atoms with E-state index >= 15 is 0 Å². The molecule has 1 aliphatic rings. The van der Waals surface area contributed by atoms with Crippen LogP contribution in [0, 0.1) is 0 Å². The van der Waals surface area contributed by atoms with Gasteiger partial charge >= 0.3 is 0 Å². The Hall–Kier alpha value is -1.41. The van der Waals surface area contributed by atoms with Crippen molar-refractivity contribution in [2.24, 2.45) is 0 Å². The molecule has 2 rings (SSSR count). The minimum absolute atomic E-state index is 0.0976. The molecule has 0 bridgehead atoms. The Labute approximate surface area is 124 Å². The van der Waals surface area contributed by atoms with Crippen molar-refractivity contribution in [1.82, 2.24) is 15.1 Å². The van der Waals surface area contributed by atoms with Gasteiger partial charge in [-0.25, -0.2) is 0 Å². The van der Waals surface area contributed by atoms with E-state index in [2.05, 4.69) is 10.2 Å². The van der Waals surface area contributed by atoms with Gasteiger partial charge in [-0.2, -0.15) is 0 Å². The van der Waals surface area contributed by atoms with Gasteiger partial charge in [0.05, 0.1) is 19.3 Å². The molecule has 1 aromatic heterocycles. The lowest BCUT2D eigenvalue weighted by molar-refractivity contribution is 0.0920. The van der Waals surface area contributed by atoms with E-state index in [1.165, 1.54) is 0 Å². The van der Waals surface area contributed by atoms with Crippen LogP contribution in [0.3, 0.4) is 0 Å². The van der Waals surface area contributed by atoms with Gasteiger partial charge in [0.1, 0.15) is 5.76 Å². The Morgan fingerprint density at radius 3 is 2.81 bits per heavy atom. The zero-order valence-corrected chi connectivity index (χ0v) is 12.3. The smallest absolute Gasteiger partial charge is 0.286 e. The number of carbonyl (C=O) groups is 1. The molecule has 0 unspecified atom stereocenters. The van der Waals surface area contributed by atoms with Crippen molar-refractivity contribution in [2.75, 3.05) is 46.4 Å². The lowest BCUT2D eigenvalue weighted by Gasteiger charge is -2.19. The Morgan fingerprint density at radius 1 is 1.38 bits per heavy atom. The van der Waals surface area contributed by atoms with Crippen LogP contribution in [0.15, 0.2) is 16.5 Å². The fraction of sp³-hybridized carbons (Fsp3) is 0.643. The van der Waals surface area contributed by atoms with Crippen molar-refractivity contribution in [3.8, 4) is 0 Å². The second-order valence-electron chi connectivity index (χ2n) is 5.26. The van der Waals surface area contributed by atoms with Gasteiger partial charge in [0.2, 0.25) is 0 Å². The molecule has 0 saturated carbocycles. The van der Waals surface area contributed by atoms with Gasteiger partial charge in [0.25, 0.3) is 5.91 Å². The first kappa shape index (κ1) is 16.0. The highest BCUT2D eigenvalue weighted by atomic mass is 16.4. The summed E-state index contributed by atoms with van der Waals surface area (Å²) in [6, 6.07) is 3.44. The standard InChI is InChI=1S/C14H23N3O4/c1-15-14(20)13-3-2-12(21-13)10-17-5-4-16(6-7-18)8-11(19)9-17/h2-3,11,18-19H,4-10H2,1H3,(H,15,20)/t11-/m0/s1. The van der Waals surface area contributed by atoms with Gasteiger partial charge in [-0.15, -0.1) is 0 Å². The summed E-state index contributed by atoms with van der Waals surface area (Å²) in [5, 5.41) is 21.5. The summed E-state index contributed by atoms with van der Waals surface area (Å²) < 4.78 is 5.50. The summed E-state index contributed by atoms with van der Waals surface area (Å²) in [5.41, 5.74) is 0. The number of hydrogen-bond donors (Lipinski definition) is 3. The molecule has 0 aliphatic carbocycles. The lowest BCUT2D eigenvalue weighted by atomic mass is 10.3. The van der Waals surface area contributed by atoms with Gasteiger partial charge in [0.15, 0.2) is 5.76 Å². The fourth-order valence-electron chi connectivity index (χ4n) is 2.54. The normalized spacial score (nSPS) is 21.2. The third-order valence-electron chi connectivity index (χ3n) is 3.58. The van der Waals surface area contributed by atoms with Crippen LogP contribution in [0.4, 0.5) is 0 Å². The van der Waals surface area contributed by atoms with Gasteiger partial charge in [-0.3, -0.25) is 14.6 Å². The SMILES string of the molecule is CNC(=O)c1ccc(CN2CCN(CCO)C[C@H](O)C2)o1. The maximum Gasteiger partial charge on any atom is 0.286 e. The maximum absolute atomic E-state index is 11.5. The van der Waals surface area contributed by atoms with Crippen molar-refractivity contribution in [3.63, 3.8) is 0 Å². The van der Waals surface area contributed by atoms with Gasteiger partial charge in [-0.1, -0.05) is 0 Å². The number of nitrogens with one attached hydrogen (secondary N) is 1. The van der Waals surface area contributed by atoms with Crippen LogP contribution >= 0.6 is 0 Å². The molecule has 1 atom stereocenters. The molecule has 2 heterocycles. The summed E-state index contributed by atoms with van der Waals surface area (Å²) in [4.78, 5) is 15.6. The molecule has 118 valence electrons. The number of rotatable bonds is 5. The highest BCUT2D eigenvalue weighted by Gasteiger charge is 2.22. The number of hydrogen-bond acceptors (Lipinski definition) is 6. The number of aliphatic hydroxyl groups is 2. The first-order valence-electron chi connectivity index (χ1n) is 7.16. The summed E-state index contributed by atoms with van der Waals surface area (Å²) in [6.07, 6.45) is -0.451. The minimum atomic E-state index is -0.451. The number of nitrogens with zero attached hydrogens (tertiary/aromatic N) is 2. The quantitative estimate of drug-likeness (QED) is 0.653. The maximum atomic E-state index is 11.5. The van der Waals surface area contributed by atoms with Crippen molar-refractivity contribution >= 4 is 5.91 Å². The number of β-amino-alcohol motifs (C(OH)–C–C–N with tert-alkyl or cyclic N) is 2. The number of furan rings is 1. The van der Waals surface area contributed by atoms with Crippen LogP contribution in [0.1, 0.15) is 16.3 Å². The van der Waals surface area contributed by atoms with E-state index in [0.717, 1.165) is 13.1 Å². The van der Waals surface area contributed by atoms with Crippen molar-refractivity contribution < 1.29 is 19.4 Å². The van der Waals surface area contributed by atoms with Crippen LogP contribution in [0.5, 0.6) is 0 Å². The van der Waals surface area contributed by atoms with E-state index < -0.39 is 6.10 Å². The fourth-order valence-corrected chi connectivity index (χ4v) is 2.54. The number of carbonyl (C=O) groups excluding carboxylic acids is 1. The molecule has 0 spiro atoms. The number of amides is 1. The largest absolute Gasteiger partial charge is 0.455 e. The first-order chi connectivity index (χ1) is 10.1. The zero-order valence-electron chi connectivity index (χ0n) is 12.3. The third-order valence-corrected chi connectivity index (χ3v) is 3.58. The molecule has 1 amide bonds. The van der Waals surface area contributed by atoms with Crippen LogP contribution in [-0.2, 0) is 6.54 Å². The van der Waals surface area contributed by atoms with Crippen molar-refractivity contribution in [3.05, 3.63) is 23.7 Å². The molecule has 7 nitrogen and oxygen atoms in total. The van der Waals surface area contributed by atoms with Gasteiger partial charge < -0.3 is 19.9 Å². The first-order valence-corrected chi connectivity index (χ1v) is 7.16. The minimum Gasteiger partial charge on any atom is -0.455 e. The van der Waals surface area contributed by atoms with Gasteiger partial charge in [-0.05, 0) is 12.1 Å². The average Bonchev–Trinajstić information content (AvgIpc) is 2.84. The Kier molecular flexibility index (Phi) is 5.75. The summed E-state index contributed by atoms with van der Waals surface area (Å²) in [5.74, 6) is 0.757. The highest BCUT2D eigenvalue weighted by molar-refractivity contribution is 5.91. The summed E-state index contributed by atoms with van der Waals surface area (Å²) in [7, 11) is 1.56. The van der Waals surface area contributed by atoms with E-state index in [4.69, 9.17) is 9.52 Å². The van der Waals surface area contributed by atoms with E-state index in [1.807, 2.05) is 4.90 Å². The molecular formula is C14H23N3O4. The van der Waals surface area contributed by atoms with Crippen LogP contribution in [-0.4, -0.2) is 78.4 Å². The Morgan fingerprint density at radius 2 is 2.10 bits per heavy atom. The number of aliphatic hydroxyl groups excluding tert-OH is 2. The predicted octanol–water partition coefficient (Wildman–Crippen LogP) is -0.890. The molecule has 7 heteroatoms. The zero-order chi connectivity index (χ0) is 15.2.